The number of ether oxygens (including phenoxy) is 1. The zero-order valence-electron chi connectivity index (χ0n) is 17.6. The van der Waals surface area contributed by atoms with Gasteiger partial charge in [-0.1, -0.05) is 0 Å². The predicted octanol–water partition coefficient (Wildman–Crippen LogP) is 3.31. The normalized spacial score (nSPS) is 14.7. The lowest BCUT2D eigenvalue weighted by Crippen LogP contribution is -2.35. The molecule has 0 radical (unpaired) electrons. The number of thiazole rings is 1. The van der Waals surface area contributed by atoms with Crippen molar-refractivity contribution < 1.29 is 17.9 Å². The van der Waals surface area contributed by atoms with Gasteiger partial charge < -0.3 is 14.5 Å². The van der Waals surface area contributed by atoms with E-state index in [9.17, 15) is 13.2 Å². The Morgan fingerprint density at radius 1 is 1.03 bits per heavy atom. The van der Waals surface area contributed by atoms with Crippen LogP contribution in [0.15, 0.2) is 65.0 Å². The van der Waals surface area contributed by atoms with Crippen molar-refractivity contribution in [1.29, 1.82) is 0 Å². The maximum absolute atomic E-state index is 13.0. The molecule has 3 aromatic rings. The van der Waals surface area contributed by atoms with E-state index in [0.29, 0.717) is 30.1 Å². The van der Waals surface area contributed by atoms with Gasteiger partial charge in [0.05, 0.1) is 12.0 Å². The van der Waals surface area contributed by atoms with Crippen molar-refractivity contribution in [3.63, 3.8) is 0 Å². The average molecular weight is 473 g/mol. The van der Waals surface area contributed by atoms with Crippen molar-refractivity contribution in [2.45, 2.75) is 11.3 Å². The summed E-state index contributed by atoms with van der Waals surface area (Å²) in [6.45, 7) is 2.82. The minimum absolute atomic E-state index is 0.0932. The molecule has 1 amide bonds. The van der Waals surface area contributed by atoms with Gasteiger partial charge in [0.15, 0.2) is 5.13 Å². The highest BCUT2D eigenvalue weighted by Gasteiger charge is 2.22. The zero-order chi connectivity index (χ0) is 22.6. The fourth-order valence-electron chi connectivity index (χ4n) is 3.52. The molecule has 1 saturated heterocycles. The fraction of sp³-hybridized carbons (Fsp3) is 0.273. The van der Waals surface area contributed by atoms with Gasteiger partial charge in [-0.2, -0.15) is 0 Å². The van der Waals surface area contributed by atoms with Crippen LogP contribution in [0.1, 0.15) is 16.8 Å². The molecule has 8 nitrogen and oxygen atoms in total. The van der Waals surface area contributed by atoms with Crippen molar-refractivity contribution in [2.24, 2.45) is 0 Å². The molecule has 0 atom stereocenters. The lowest BCUT2D eigenvalue weighted by Gasteiger charge is -2.22. The van der Waals surface area contributed by atoms with E-state index >= 15 is 0 Å². The summed E-state index contributed by atoms with van der Waals surface area (Å²) >= 11 is 1.59. The average Bonchev–Trinajstić information content (AvgIpc) is 3.24. The second kappa shape index (κ2) is 9.58. The van der Waals surface area contributed by atoms with Crippen molar-refractivity contribution in [2.75, 3.05) is 42.9 Å². The summed E-state index contributed by atoms with van der Waals surface area (Å²) in [6, 6.07) is 12.7. The molecule has 2 aromatic carbocycles. The third kappa shape index (κ3) is 5.03. The predicted molar refractivity (Wildman–Crippen MR) is 125 cm³/mol. The van der Waals surface area contributed by atoms with E-state index < -0.39 is 10.0 Å². The van der Waals surface area contributed by atoms with Crippen LogP contribution in [0.5, 0.6) is 5.75 Å². The summed E-state index contributed by atoms with van der Waals surface area (Å²) < 4.78 is 33.0. The summed E-state index contributed by atoms with van der Waals surface area (Å²) in [5.74, 6) is 0.539. The van der Waals surface area contributed by atoms with Crippen LogP contribution in [0.2, 0.25) is 0 Å². The first kappa shape index (κ1) is 22.1. The summed E-state index contributed by atoms with van der Waals surface area (Å²) in [4.78, 5) is 21.4. The Hall–Kier alpha value is -3.11. The highest BCUT2D eigenvalue weighted by atomic mass is 32.2. The highest BCUT2D eigenvalue weighted by Crippen LogP contribution is 2.22. The Bertz CT molecular complexity index is 1150. The number of rotatable bonds is 6. The third-order valence-corrected chi connectivity index (χ3v) is 7.46. The van der Waals surface area contributed by atoms with Gasteiger partial charge in [0.2, 0.25) is 0 Å². The van der Waals surface area contributed by atoms with E-state index in [1.165, 1.54) is 12.1 Å². The SMILES string of the molecule is COc1ccc(NS(=O)(=O)c2ccc(C(=O)N3CCCN(c4nccs4)CC3)cc2)cc1. The summed E-state index contributed by atoms with van der Waals surface area (Å²) in [5.41, 5.74) is 0.899. The Kier molecular flexibility index (Phi) is 6.61. The largest absolute Gasteiger partial charge is 0.497 e. The number of sulfonamides is 1. The summed E-state index contributed by atoms with van der Waals surface area (Å²) in [7, 11) is -2.22. The molecule has 1 fully saturated rings. The number of nitrogens with zero attached hydrogens (tertiary/aromatic N) is 3. The van der Waals surface area contributed by atoms with Crippen LogP contribution in [0.4, 0.5) is 10.8 Å². The van der Waals surface area contributed by atoms with E-state index in [1.54, 1.807) is 61.0 Å². The lowest BCUT2D eigenvalue weighted by atomic mass is 10.2. The molecule has 10 heteroatoms. The number of carbonyl (C=O) groups excluding carboxylic acids is 1. The smallest absolute Gasteiger partial charge is 0.261 e. The number of benzene rings is 2. The number of hydrogen-bond donors (Lipinski definition) is 1. The number of aromatic nitrogens is 1. The molecule has 0 unspecified atom stereocenters. The van der Waals surface area contributed by atoms with Gasteiger partial charge in [0, 0.05) is 49.0 Å². The van der Waals surface area contributed by atoms with E-state index in [1.807, 2.05) is 10.3 Å². The van der Waals surface area contributed by atoms with Gasteiger partial charge >= 0.3 is 0 Å². The van der Waals surface area contributed by atoms with Crippen LogP contribution in [0.25, 0.3) is 0 Å². The quantitative estimate of drug-likeness (QED) is 0.592. The molecule has 4 rings (SSSR count). The van der Waals surface area contributed by atoms with Crippen molar-refractivity contribution in [1.82, 2.24) is 9.88 Å². The second-order valence-corrected chi connectivity index (χ2v) is 9.86. The fourth-order valence-corrected chi connectivity index (χ4v) is 5.27. The maximum atomic E-state index is 13.0. The molecule has 1 aliphatic rings. The Balaban J connectivity index is 1.41. The Morgan fingerprint density at radius 2 is 1.78 bits per heavy atom. The van der Waals surface area contributed by atoms with Gasteiger partial charge in [0.25, 0.3) is 15.9 Å². The van der Waals surface area contributed by atoms with Crippen molar-refractivity contribution in [3.8, 4) is 5.75 Å². The molecule has 0 spiro atoms. The van der Waals surface area contributed by atoms with Crippen LogP contribution < -0.4 is 14.4 Å². The molecule has 168 valence electrons. The first-order valence-electron chi connectivity index (χ1n) is 10.2. The standard InChI is InChI=1S/C22H24N4O4S2/c1-30-19-7-5-18(6-8-19)24-32(28,29)20-9-3-17(4-10-20)21(27)25-12-2-13-26(15-14-25)22-23-11-16-31-22/h3-11,16,24H,2,12-15H2,1H3. The van der Waals surface area contributed by atoms with E-state index in [4.69, 9.17) is 4.74 Å². The maximum Gasteiger partial charge on any atom is 0.261 e. The van der Waals surface area contributed by atoms with E-state index in [-0.39, 0.29) is 10.8 Å². The molecule has 0 saturated carbocycles. The molecule has 32 heavy (non-hydrogen) atoms. The highest BCUT2D eigenvalue weighted by molar-refractivity contribution is 7.92. The number of nitrogens with one attached hydrogen (secondary N) is 1. The number of anilines is 2. The molecular weight excluding hydrogens is 448 g/mol. The number of amides is 1. The Morgan fingerprint density at radius 3 is 2.44 bits per heavy atom. The van der Waals surface area contributed by atoms with Gasteiger partial charge in [-0.25, -0.2) is 13.4 Å². The van der Waals surface area contributed by atoms with Crippen LogP contribution >= 0.6 is 11.3 Å². The molecule has 1 aliphatic heterocycles. The van der Waals surface area contributed by atoms with Gasteiger partial charge in [-0.3, -0.25) is 9.52 Å². The monoisotopic (exact) mass is 472 g/mol. The molecule has 1 N–H and O–H groups in total. The van der Waals surface area contributed by atoms with E-state index in [2.05, 4.69) is 14.6 Å². The molecular formula is C22H24N4O4S2. The molecule has 2 heterocycles. The van der Waals surface area contributed by atoms with E-state index in [0.717, 1.165) is 24.6 Å². The number of hydrogen-bond acceptors (Lipinski definition) is 7. The van der Waals surface area contributed by atoms with Gasteiger partial charge in [-0.05, 0) is 55.0 Å². The van der Waals surface area contributed by atoms with Crippen LogP contribution in [0.3, 0.4) is 0 Å². The summed E-state index contributed by atoms with van der Waals surface area (Å²) in [6.07, 6.45) is 2.64. The van der Waals surface area contributed by atoms with Crippen molar-refractivity contribution in [3.05, 3.63) is 65.7 Å². The minimum atomic E-state index is -3.77. The van der Waals surface area contributed by atoms with Crippen LogP contribution in [0, 0.1) is 0 Å². The number of carbonyl (C=O) groups is 1. The molecule has 0 bridgehead atoms. The third-order valence-electron chi connectivity index (χ3n) is 5.23. The minimum Gasteiger partial charge on any atom is -0.497 e. The van der Waals surface area contributed by atoms with Gasteiger partial charge in [-0.15, -0.1) is 11.3 Å². The van der Waals surface area contributed by atoms with Crippen molar-refractivity contribution >= 4 is 38.1 Å². The first-order valence-corrected chi connectivity index (χ1v) is 12.5. The second-order valence-electron chi connectivity index (χ2n) is 7.31. The number of methoxy groups -OCH3 is 1. The zero-order valence-corrected chi connectivity index (χ0v) is 19.2. The lowest BCUT2D eigenvalue weighted by molar-refractivity contribution is 0.0767. The van der Waals surface area contributed by atoms with Crippen LogP contribution in [-0.4, -0.2) is 57.5 Å². The van der Waals surface area contributed by atoms with Crippen LogP contribution in [-0.2, 0) is 10.0 Å². The Labute approximate surface area is 191 Å². The first-order chi connectivity index (χ1) is 15.5. The molecule has 0 aliphatic carbocycles. The topological polar surface area (TPSA) is 91.8 Å². The molecule has 1 aromatic heterocycles. The summed E-state index contributed by atoms with van der Waals surface area (Å²) in [5, 5.41) is 2.92. The van der Waals surface area contributed by atoms with Gasteiger partial charge in [0.1, 0.15) is 5.75 Å².